The number of carboxylic acid groups (broad SMARTS) is 1. The van der Waals surface area contributed by atoms with Gasteiger partial charge in [0.15, 0.2) is 0 Å². The van der Waals surface area contributed by atoms with Gasteiger partial charge in [-0.2, -0.15) is 0 Å². The van der Waals surface area contributed by atoms with Crippen LogP contribution in [0.3, 0.4) is 0 Å². The van der Waals surface area contributed by atoms with Crippen LogP contribution in [0, 0.1) is 5.92 Å². The molecule has 5 heteroatoms. The maximum atomic E-state index is 11.4. The highest BCUT2D eigenvalue weighted by Crippen LogP contribution is 2.17. The van der Waals surface area contributed by atoms with Crippen molar-refractivity contribution in [2.75, 3.05) is 26.8 Å². The zero-order valence-electron chi connectivity index (χ0n) is 8.94. The molecular formula is C10H17NO4. The van der Waals surface area contributed by atoms with E-state index in [4.69, 9.17) is 9.84 Å². The van der Waals surface area contributed by atoms with Crippen LogP contribution in [-0.4, -0.2) is 48.7 Å². The number of carboxylic acids is 1. The maximum absolute atomic E-state index is 11.4. The van der Waals surface area contributed by atoms with E-state index < -0.39 is 11.9 Å². The molecule has 0 bridgehead atoms. The van der Waals surface area contributed by atoms with E-state index in [2.05, 4.69) is 0 Å². The zero-order chi connectivity index (χ0) is 11.3. The molecule has 1 heterocycles. The summed E-state index contributed by atoms with van der Waals surface area (Å²) in [6.07, 6.45) is 1.58. The van der Waals surface area contributed by atoms with E-state index in [-0.39, 0.29) is 5.91 Å². The molecule has 0 radical (unpaired) electrons. The average Bonchev–Trinajstić information content (AvgIpc) is 2.20. The van der Waals surface area contributed by atoms with Crippen LogP contribution >= 0.6 is 0 Å². The molecule has 0 aromatic heterocycles. The normalized spacial score (nSPS) is 21.8. The summed E-state index contributed by atoms with van der Waals surface area (Å²) in [5.41, 5.74) is 0. The first-order valence-electron chi connectivity index (χ1n) is 5.14. The van der Waals surface area contributed by atoms with Gasteiger partial charge in [0, 0.05) is 33.2 Å². The summed E-state index contributed by atoms with van der Waals surface area (Å²) in [6.45, 7) is 1.54. The molecule has 1 N–H and O–H groups in total. The van der Waals surface area contributed by atoms with Gasteiger partial charge in [-0.25, -0.2) is 0 Å². The number of rotatable bonds is 5. The van der Waals surface area contributed by atoms with Crippen molar-refractivity contribution in [2.24, 2.45) is 5.92 Å². The lowest BCUT2D eigenvalue weighted by atomic mass is 9.98. The van der Waals surface area contributed by atoms with Gasteiger partial charge in [-0.05, 0) is 12.8 Å². The molecule has 5 nitrogen and oxygen atoms in total. The monoisotopic (exact) mass is 215 g/mol. The SMILES string of the molecule is COCCCN1CC(C(=O)O)CCC1=O. The Morgan fingerprint density at radius 1 is 1.67 bits per heavy atom. The topological polar surface area (TPSA) is 66.8 Å². The van der Waals surface area contributed by atoms with Gasteiger partial charge in [0.25, 0.3) is 0 Å². The number of carbonyl (C=O) groups excluding carboxylic acids is 1. The van der Waals surface area contributed by atoms with Crippen LogP contribution < -0.4 is 0 Å². The molecule has 1 fully saturated rings. The predicted molar refractivity (Wildman–Crippen MR) is 53.4 cm³/mol. The van der Waals surface area contributed by atoms with Crippen molar-refractivity contribution in [3.63, 3.8) is 0 Å². The summed E-state index contributed by atoms with van der Waals surface area (Å²) in [7, 11) is 1.61. The number of likely N-dealkylation sites (tertiary alicyclic amines) is 1. The summed E-state index contributed by atoms with van der Waals surface area (Å²) >= 11 is 0. The van der Waals surface area contributed by atoms with Gasteiger partial charge in [0.1, 0.15) is 0 Å². The van der Waals surface area contributed by atoms with Crippen LogP contribution in [0.5, 0.6) is 0 Å². The van der Waals surface area contributed by atoms with Crippen molar-refractivity contribution in [2.45, 2.75) is 19.3 Å². The van der Waals surface area contributed by atoms with E-state index in [0.717, 1.165) is 6.42 Å². The summed E-state index contributed by atoms with van der Waals surface area (Å²) in [4.78, 5) is 23.8. The number of nitrogens with zero attached hydrogens (tertiary/aromatic N) is 1. The molecule has 0 saturated carbocycles. The van der Waals surface area contributed by atoms with Crippen molar-refractivity contribution >= 4 is 11.9 Å². The largest absolute Gasteiger partial charge is 0.481 e. The van der Waals surface area contributed by atoms with Gasteiger partial charge in [0.05, 0.1) is 5.92 Å². The van der Waals surface area contributed by atoms with E-state index in [1.165, 1.54) is 0 Å². The van der Waals surface area contributed by atoms with Crippen molar-refractivity contribution in [3.05, 3.63) is 0 Å². The molecule has 0 spiro atoms. The molecule has 1 rings (SSSR count). The molecule has 0 aromatic carbocycles. The first-order chi connectivity index (χ1) is 7.15. The highest BCUT2D eigenvalue weighted by molar-refractivity contribution is 5.80. The number of hydrogen-bond donors (Lipinski definition) is 1. The summed E-state index contributed by atoms with van der Waals surface area (Å²) in [6, 6.07) is 0. The molecule has 1 saturated heterocycles. The van der Waals surface area contributed by atoms with Crippen LogP contribution in [0.25, 0.3) is 0 Å². The summed E-state index contributed by atoms with van der Waals surface area (Å²) in [5, 5.41) is 8.85. The molecule has 0 aliphatic carbocycles. The number of piperidine rings is 1. The highest BCUT2D eigenvalue weighted by Gasteiger charge is 2.29. The predicted octanol–water partition coefficient (Wildman–Crippen LogP) is 0.346. The van der Waals surface area contributed by atoms with Crippen molar-refractivity contribution < 1.29 is 19.4 Å². The quantitative estimate of drug-likeness (QED) is 0.672. The minimum Gasteiger partial charge on any atom is -0.481 e. The van der Waals surface area contributed by atoms with Crippen LogP contribution in [-0.2, 0) is 14.3 Å². The second-order valence-electron chi connectivity index (χ2n) is 3.76. The highest BCUT2D eigenvalue weighted by atomic mass is 16.5. The third kappa shape index (κ3) is 3.51. The Balaban J connectivity index is 2.39. The smallest absolute Gasteiger partial charge is 0.308 e. The number of aliphatic carboxylic acids is 1. The Kier molecular flexibility index (Phi) is 4.55. The van der Waals surface area contributed by atoms with Crippen molar-refractivity contribution in [1.29, 1.82) is 0 Å². The molecule has 15 heavy (non-hydrogen) atoms. The Hall–Kier alpha value is -1.10. The fraction of sp³-hybridized carbons (Fsp3) is 0.800. The average molecular weight is 215 g/mol. The molecule has 0 aromatic rings. The third-order valence-electron chi connectivity index (χ3n) is 2.63. The van der Waals surface area contributed by atoms with E-state index >= 15 is 0 Å². The first-order valence-corrected chi connectivity index (χ1v) is 5.14. The van der Waals surface area contributed by atoms with Gasteiger partial charge in [-0.3, -0.25) is 9.59 Å². The van der Waals surface area contributed by atoms with Gasteiger partial charge >= 0.3 is 5.97 Å². The molecule has 1 atom stereocenters. The number of methoxy groups -OCH3 is 1. The summed E-state index contributed by atoms with van der Waals surface area (Å²) < 4.78 is 4.89. The number of carbonyl (C=O) groups is 2. The van der Waals surface area contributed by atoms with Crippen LogP contribution in [0.2, 0.25) is 0 Å². The van der Waals surface area contributed by atoms with Crippen LogP contribution in [0.1, 0.15) is 19.3 Å². The van der Waals surface area contributed by atoms with Crippen LogP contribution in [0.15, 0.2) is 0 Å². The number of hydrogen-bond acceptors (Lipinski definition) is 3. The van der Waals surface area contributed by atoms with Gasteiger partial charge in [-0.15, -0.1) is 0 Å². The Morgan fingerprint density at radius 2 is 2.40 bits per heavy atom. The molecule has 1 aliphatic rings. The molecule has 1 amide bonds. The minimum atomic E-state index is -0.806. The first kappa shape index (κ1) is 12.0. The molecule has 86 valence electrons. The molecular weight excluding hydrogens is 198 g/mol. The Morgan fingerprint density at radius 3 is 3.00 bits per heavy atom. The lowest BCUT2D eigenvalue weighted by Gasteiger charge is -2.30. The third-order valence-corrected chi connectivity index (χ3v) is 2.63. The maximum Gasteiger partial charge on any atom is 0.308 e. The second kappa shape index (κ2) is 5.70. The van der Waals surface area contributed by atoms with Crippen molar-refractivity contribution in [1.82, 2.24) is 4.90 Å². The van der Waals surface area contributed by atoms with Gasteiger partial charge in [0.2, 0.25) is 5.91 Å². The lowest BCUT2D eigenvalue weighted by molar-refractivity contribution is -0.147. The van der Waals surface area contributed by atoms with Gasteiger partial charge < -0.3 is 14.7 Å². The standard InChI is InChI=1S/C10H17NO4/c1-15-6-2-5-11-7-8(10(13)14)3-4-9(11)12/h8H,2-7H2,1H3,(H,13,14). The fourth-order valence-electron chi connectivity index (χ4n) is 1.73. The van der Waals surface area contributed by atoms with E-state index in [1.54, 1.807) is 12.0 Å². The van der Waals surface area contributed by atoms with Gasteiger partial charge in [-0.1, -0.05) is 0 Å². The molecule has 1 aliphatic heterocycles. The Bertz CT molecular complexity index is 242. The summed E-state index contributed by atoms with van der Waals surface area (Å²) in [5.74, 6) is -1.15. The van der Waals surface area contributed by atoms with Crippen LogP contribution in [0.4, 0.5) is 0 Å². The van der Waals surface area contributed by atoms with E-state index in [0.29, 0.717) is 32.5 Å². The lowest BCUT2D eigenvalue weighted by Crippen LogP contribution is -2.43. The van der Waals surface area contributed by atoms with Crippen molar-refractivity contribution in [3.8, 4) is 0 Å². The Labute approximate surface area is 89.0 Å². The number of amides is 1. The van der Waals surface area contributed by atoms with E-state index in [1.807, 2.05) is 0 Å². The number of ether oxygens (including phenoxy) is 1. The zero-order valence-corrected chi connectivity index (χ0v) is 8.94. The molecule has 1 unspecified atom stereocenters. The second-order valence-corrected chi connectivity index (χ2v) is 3.76. The minimum absolute atomic E-state index is 0.0589. The van der Waals surface area contributed by atoms with E-state index in [9.17, 15) is 9.59 Å². The fourth-order valence-corrected chi connectivity index (χ4v) is 1.73.